The largest absolute Gasteiger partial charge is 0.300 e. The second-order valence-corrected chi connectivity index (χ2v) is 3.14. The fourth-order valence-electron chi connectivity index (χ4n) is 1.35. The second-order valence-electron chi connectivity index (χ2n) is 2.78. The van der Waals surface area contributed by atoms with Crippen molar-refractivity contribution < 1.29 is 4.39 Å². The minimum Gasteiger partial charge on any atom is -0.300 e. The summed E-state index contributed by atoms with van der Waals surface area (Å²) in [5.74, 6) is -0.281. The highest BCUT2D eigenvalue weighted by Crippen LogP contribution is 2.18. The zero-order valence-corrected chi connectivity index (χ0v) is 7.85. The molecule has 0 N–H and O–H groups in total. The summed E-state index contributed by atoms with van der Waals surface area (Å²) in [5, 5.41) is 0.452. The van der Waals surface area contributed by atoms with Gasteiger partial charge in [-0.1, -0.05) is 18.5 Å². The molecule has 0 aromatic carbocycles. The van der Waals surface area contributed by atoms with E-state index in [4.69, 9.17) is 11.6 Å². The molecule has 2 rings (SSSR count). The smallest absolute Gasteiger partial charge is 0.151 e. The van der Waals surface area contributed by atoms with Crippen molar-refractivity contribution in [3.8, 4) is 0 Å². The molecule has 68 valence electrons. The van der Waals surface area contributed by atoms with E-state index in [1.807, 2.05) is 6.92 Å². The lowest BCUT2D eigenvalue weighted by Gasteiger charge is -1.97. The Balaban J connectivity index is 2.80. The molecule has 0 amide bonds. The molecule has 2 heterocycles. The van der Waals surface area contributed by atoms with E-state index in [0.717, 1.165) is 12.1 Å². The SMILES string of the molecule is CCc1c(Cl)nc2ccc(F)cn12. The molecule has 0 saturated heterocycles. The topological polar surface area (TPSA) is 17.3 Å². The third kappa shape index (κ3) is 1.29. The van der Waals surface area contributed by atoms with Crippen molar-refractivity contribution in [2.24, 2.45) is 0 Å². The van der Waals surface area contributed by atoms with Crippen molar-refractivity contribution in [3.63, 3.8) is 0 Å². The molecule has 0 spiro atoms. The van der Waals surface area contributed by atoms with Gasteiger partial charge in [-0.25, -0.2) is 9.37 Å². The van der Waals surface area contributed by atoms with Crippen LogP contribution in [0, 0.1) is 5.82 Å². The lowest BCUT2D eigenvalue weighted by atomic mass is 10.3. The number of aromatic nitrogens is 2. The molecule has 0 atom stereocenters. The highest BCUT2D eigenvalue weighted by molar-refractivity contribution is 6.30. The van der Waals surface area contributed by atoms with Crippen molar-refractivity contribution in [1.29, 1.82) is 0 Å². The third-order valence-electron chi connectivity index (χ3n) is 1.97. The van der Waals surface area contributed by atoms with E-state index >= 15 is 0 Å². The van der Waals surface area contributed by atoms with E-state index < -0.39 is 0 Å². The first-order valence-corrected chi connectivity index (χ1v) is 4.42. The molecule has 0 aliphatic rings. The molecule has 4 heteroatoms. The van der Waals surface area contributed by atoms with Crippen LogP contribution in [0.1, 0.15) is 12.6 Å². The summed E-state index contributed by atoms with van der Waals surface area (Å²) < 4.78 is 14.5. The third-order valence-corrected chi connectivity index (χ3v) is 2.27. The van der Waals surface area contributed by atoms with Gasteiger partial charge in [0.1, 0.15) is 11.5 Å². The van der Waals surface area contributed by atoms with Crippen molar-refractivity contribution in [2.45, 2.75) is 13.3 Å². The van der Waals surface area contributed by atoms with E-state index in [1.54, 1.807) is 10.5 Å². The van der Waals surface area contributed by atoms with Crippen molar-refractivity contribution >= 4 is 17.2 Å². The quantitative estimate of drug-likeness (QED) is 0.689. The van der Waals surface area contributed by atoms with E-state index in [2.05, 4.69) is 4.98 Å². The summed E-state index contributed by atoms with van der Waals surface area (Å²) >= 11 is 5.87. The highest BCUT2D eigenvalue weighted by atomic mass is 35.5. The Kier molecular flexibility index (Phi) is 1.96. The van der Waals surface area contributed by atoms with Crippen LogP contribution in [0.5, 0.6) is 0 Å². The van der Waals surface area contributed by atoms with Gasteiger partial charge in [0, 0.05) is 6.20 Å². The Morgan fingerprint density at radius 3 is 3.00 bits per heavy atom. The summed E-state index contributed by atoms with van der Waals surface area (Å²) in [4.78, 5) is 4.09. The number of fused-ring (bicyclic) bond motifs is 1. The maximum atomic E-state index is 12.9. The first kappa shape index (κ1) is 8.51. The van der Waals surface area contributed by atoms with Crippen LogP contribution in [0.15, 0.2) is 18.3 Å². The molecule has 0 aliphatic carbocycles. The molecule has 0 fully saturated rings. The molecule has 0 bridgehead atoms. The van der Waals surface area contributed by atoms with Crippen molar-refractivity contribution in [2.75, 3.05) is 0 Å². The van der Waals surface area contributed by atoms with Gasteiger partial charge in [-0.2, -0.15) is 0 Å². The molecule has 0 saturated carbocycles. The second kappa shape index (κ2) is 3.00. The van der Waals surface area contributed by atoms with Crippen molar-refractivity contribution in [3.05, 3.63) is 35.0 Å². The number of pyridine rings is 1. The summed E-state index contributed by atoms with van der Waals surface area (Å²) in [6.07, 6.45) is 2.14. The lowest BCUT2D eigenvalue weighted by molar-refractivity contribution is 0.618. The normalized spacial score (nSPS) is 11.0. The van der Waals surface area contributed by atoms with Gasteiger partial charge in [0.15, 0.2) is 5.15 Å². The summed E-state index contributed by atoms with van der Waals surface area (Å²) in [6, 6.07) is 2.98. The minimum atomic E-state index is -0.281. The fraction of sp³-hybridized carbons (Fsp3) is 0.222. The standard InChI is InChI=1S/C9H8ClFN2/c1-2-7-9(10)12-8-4-3-6(11)5-13(7)8/h3-5H,2H2,1H3. The average Bonchev–Trinajstić information content (AvgIpc) is 2.40. The Hall–Kier alpha value is -1.09. The Morgan fingerprint density at radius 1 is 1.54 bits per heavy atom. The highest BCUT2D eigenvalue weighted by Gasteiger charge is 2.08. The molecule has 0 aliphatic heterocycles. The Morgan fingerprint density at radius 2 is 2.31 bits per heavy atom. The molecule has 0 radical (unpaired) electrons. The van der Waals surface area contributed by atoms with Gasteiger partial charge in [0.25, 0.3) is 0 Å². The maximum Gasteiger partial charge on any atom is 0.151 e. The van der Waals surface area contributed by atoms with E-state index in [1.165, 1.54) is 12.3 Å². The van der Waals surface area contributed by atoms with Gasteiger partial charge in [0.05, 0.1) is 5.69 Å². The van der Waals surface area contributed by atoms with Gasteiger partial charge in [-0.3, -0.25) is 4.40 Å². The number of imidazole rings is 1. The number of hydrogen-bond donors (Lipinski definition) is 0. The molecule has 0 unspecified atom stereocenters. The Bertz CT molecular complexity index is 450. The molecular weight excluding hydrogens is 191 g/mol. The lowest BCUT2D eigenvalue weighted by Crippen LogP contribution is -1.91. The fourth-order valence-corrected chi connectivity index (χ4v) is 1.67. The van der Waals surface area contributed by atoms with Crippen LogP contribution in [-0.4, -0.2) is 9.38 Å². The summed E-state index contributed by atoms with van der Waals surface area (Å²) in [5.41, 5.74) is 1.53. The van der Waals surface area contributed by atoms with Crippen LogP contribution in [0.2, 0.25) is 5.15 Å². The van der Waals surface area contributed by atoms with Crippen LogP contribution in [0.4, 0.5) is 4.39 Å². The predicted octanol–water partition coefficient (Wildman–Crippen LogP) is 2.69. The van der Waals surface area contributed by atoms with Gasteiger partial charge in [-0.05, 0) is 18.6 Å². The van der Waals surface area contributed by atoms with Crippen LogP contribution >= 0.6 is 11.6 Å². The molecule has 2 aromatic rings. The van der Waals surface area contributed by atoms with Crippen LogP contribution in [0.3, 0.4) is 0 Å². The average molecular weight is 199 g/mol. The molecular formula is C9H8ClFN2. The summed E-state index contributed by atoms with van der Waals surface area (Å²) in [7, 11) is 0. The maximum absolute atomic E-state index is 12.9. The molecule has 2 aromatic heterocycles. The predicted molar refractivity (Wildman–Crippen MR) is 49.5 cm³/mol. The van der Waals surface area contributed by atoms with Gasteiger partial charge < -0.3 is 0 Å². The molecule has 2 nitrogen and oxygen atoms in total. The monoisotopic (exact) mass is 198 g/mol. The van der Waals surface area contributed by atoms with Gasteiger partial charge in [-0.15, -0.1) is 0 Å². The first-order chi connectivity index (χ1) is 6.22. The van der Waals surface area contributed by atoms with E-state index in [0.29, 0.717) is 10.8 Å². The minimum absolute atomic E-state index is 0.281. The van der Waals surface area contributed by atoms with Crippen LogP contribution in [0.25, 0.3) is 5.65 Å². The number of aryl methyl sites for hydroxylation is 1. The van der Waals surface area contributed by atoms with Gasteiger partial charge >= 0.3 is 0 Å². The van der Waals surface area contributed by atoms with Crippen LogP contribution < -0.4 is 0 Å². The number of hydrogen-bond acceptors (Lipinski definition) is 1. The Labute approximate surface area is 80.0 Å². The zero-order valence-electron chi connectivity index (χ0n) is 7.09. The summed E-state index contributed by atoms with van der Waals surface area (Å²) in [6.45, 7) is 1.96. The zero-order chi connectivity index (χ0) is 9.42. The number of nitrogens with zero attached hydrogens (tertiary/aromatic N) is 2. The van der Waals surface area contributed by atoms with E-state index in [9.17, 15) is 4.39 Å². The van der Waals surface area contributed by atoms with Crippen molar-refractivity contribution in [1.82, 2.24) is 9.38 Å². The van der Waals surface area contributed by atoms with E-state index in [-0.39, 0.29) is 5.82 Å². The van der Waals surface area contributed by atoms with Crippen LogP contribution in [-0.2, 0) is 6.42 Å². The number of halogens is 2. The number of rotatable bonds is 1. The van der Waals surface area contributed by atoms with Gasteiger partial charge in [0.2, 0.25) is 0 Å². The molecule has 13 heavy (non-hydrogen) atoms. The first-order valence-electron chi connectivity index (χ1n) is 4.04.